The maximum absolute atomic E-state index is 3.70. The van der Waals surface area contributed by atoms with Crippen molar-refractivity contribution >= 4 is 5.69 Å². The monoisotopic (exact) mass is 261 g/mol. The third-order valence-corrected chi connectivity index (χ3v) is 3.75. The van der Waals surface area contributed by atoms with Crippen LogP contribution in [-0.4, -0.2) is 50.7 Å². The van der Waals surface area contributed by atoms with E-state index in [1.165, 1.54) is 11.3 Å². The average molecular weight is 261 g/mol. The summed E-state index contributed by atoms with van der Waals surface area (Å²) in [7, 11) is 4.29. The Kier molecular flexibility index (Phi) is 4.83. The van der Waals surface area contributed by atoms with E-state index >= 15 is 0 Å². The van der Waals surface area contributed by atoms with E-state index in [0.717, 1.165) is 26.1 Å². The molecule has 19 heavy (non-hydrogen) atoms. The van der Waals surface area contributed by atoms with E-state index in [1.54, 1.807) is 0 Å². The third kappa shape index (κ3) is 3.71. The second kappa shape index (κ2) is 6.40. The van der Waals surface area contributed by atoms with E-state index in [-0.39, 0.29) is 0 Å². The van der Waals surface area contributed by atoms with E-state index < -0.39 is 0 Å². The molecule has 1 heterocycles. The molecule has 1 aliphatic rings. The zero-order valence-electron chi connectivity index (χ0n) is 12.7. The number of para-hydroxylation sites is 1. The van der Waals surface area contributed by atoms with Gasteiger partial charge in [-0.3, -0.25) is 0 Å². The van der Waals surface area contributed by atoms with Gasteiger partial charge in [-0.25, -0.2) is 0 Å². The molecule has 1 aromatic rings. The van der Waals surface area contributed by atoms with Crippen LogP contribution in [0, 0.1) is 0 Å². The molecule has 2 unspecified atom stereocenters. The van der Waals surface area contributed by atoms with Gasteiger partial charge in [0.25, 0.3) is 0 Å². The van der Waals surface area contributed by atoms with Gasteiger partial charge in [-0.05, 0) is 39.1 Å². The predicted molar refractivity (Wildman–Crippen MR) is 83.0 cm³/mol. The van der Waals surface area contributed by atoms with Crippen LogP contribution in [0.3, 0.4) is 0 Å². The smallest absolute Gasteiger partial charge is 0.0399 e. The van der Waals surface area contributed by atoms with Gasteiger partial charge >= 0.3 is 0 Å². The van der Waals surface area contributed by atoms with Gasteiger partial charge in [0.1, 0.15) is 0 Å². The summed E-state index contributed by atoms with van der Waals surface area (Å²) in [6, 6.07) is 9.91. The highest BCUT2D eigenvalue weighted by Crippen LogP contribution is 2.23. The van der Waals surface area contributed by atoms with Crippen molar-refractivity contribution in [3.63, 3.8) is 0 Å². The Labute approximate surface area is 117 Å². The number of hydrogen-bond donors (Lipinski definition) is 1. The number of aryl methyl sites for hydroxylation is 1. The lowest BCUT2D eigenvalue weighted by Crippen LogP contribution is -2.58. The summed E-state index contributed by atoms with van der Waals surface area (Å²) in [5.41, 5.74) is 2.88. The van der Waals surface area contributed by atoms with E-state index in [9.17, 15) is 0 Å². The van der Waals surface area contributed by atoms with Crippen molar-refractivity contribution in [1.82, 2.24) is 10.2 Å². The first kappa shape index (κ1) is 14.4. The van der Waals surface area contributed by atoms with Gasteiger partial charge in [0, 0.05) is 37.4 Å². The van der Waals surface area contributed by atoms with Crippen molar-refractivity contribution in [2.45, 2.75) is 32.4 Å². The van der Waals surface area contributed by atoms with Crippen LogP contribution in [0.15, 0.2) is 24.3 Å². The Balaban J connectivity index is 2.14. The minimum absolute atomic E-state index is 0.545. The molecule has 106 valence electrons. The number of rotatable bonds is 4. The highest BCUT2D eigenvalue weighted by molar-refractivity contribution is 5.54. The van der Waals surface area contributed by atoms with Gasteiger partial charge in [0.2, 0.25) is 0 Å². The molecule has 1 fully saturated rings. The average Bonchev–Trinajstić information content (AvgIpc) is 2.37. The van der Waals surface area contributed by atoms with E-state index in [0.29, 0.717) is 12.1 Å². The van der Waals surface area contributed by atoms with Crippen molar-refractivity contribution < 1.29 is 0 Å². The highest BCUT2D eigenvalue weighted by Gasteiger charge is 2.25. The van der Waals surface area contributed by atoms with E-state index in [4.69, 9.17) is 0 Å². The summed E-state index contributed by atoms with van der Waals surface area (Å²) >= 11 is 0. The lowest BCUT2D eigenvalue weighted by molar-refractivity contribution is 0.297. The molecule has 0 amide bonds. The molecular weight excluding hydrogens is 234 g/mol. The van der Waals surface area contributed by atoms with Crippen LogP contribution in [-0.2, 0) is 6.42 Å². The van der Waals surface area contributed by atoms with Gasteiger partial charge < -0.3 is 15.1 Å². The van der Waals surface area contributed by atoms with Crippen LogP contribution in [0.4, 0.5) is 5.69 Å². The first-order valence-electron chi connectivity index (χ1n) is 7.33. The highest BCUT2D eigenvalue weighted by atomic mass is 15.2. The van der Waals surface area contributed by atoms with E-state index in [1.807, 2.05) is 0 Å². The fourth-order valence-corrected chi connectivity index (χ4v) is 3.05. The number of piperazine rings is 1. The van der Waals surface area contributed by atoms with Crippen molar-refractivity contribution in [2.24, 2.45) is 0 Å². The number of anilines is 1. The maximum Gasteiger partial charge on any atom is 0.0399 e. The molecule has 1 N–H and O–H groups in total. The zero-order chi connectivity index (χ0) is 13.8. The summed E-state index contributed by atoms with van der Waals surface area (Å²) < 4.78 is 0. The lowest BCUT2D eigenvalue weighted by atomic mass is 10.1. The predicted octanol–water partition coefficient (Wildman–Crippen LogP) is 1.98. The summed E-state index contributed by atoms with van der Waals surface area (Å²) in [4.78, 5) is 4.81. The molecule has 0 bridgehead atoms. The third-order valence-electron chi connectivity index (χ3n) is 3.75. The normalized spacial score (nSPS) is 23.9. The summed E-state index contributed by atoms with van der Waals surface area (Å²) in [5, 5.41) is 3.70. The van der Waals surface area contributed by atoms with Crippen molar-refractivity contribution in [3.05, 3.63) is 29.8 Å². The molecule has 1 saturated heterocycles. The molecule has 3 nitrogen and oxygen atoms in total. The molecule has 1 aliphatic heterocycles. The minimum Gasteiger partial charge on any atom is -0.368 e. The standard InChI is InChI=1S/C16H27N3/c1-5-14-8-6-7-9-16(14)19-10-13(2)17-15(12-19)11-18(3)4/h6-9,13,15,17H,5,10-12H2,1-4H3. The fraction of sp³-hybridized carbons (Fsp3) is 0.625. The van der Waals surface area contributed by atoms with Gasteiger partial charge in [-0.1, -0.05) is 25.1 Å². The first-order valence-corrected chi connectivity index (χ1v) is 7.33. The second-order valence-electron chi connectivity index (χ2n) is 5.91. The molecule has 3 heteroatoms. The lowest BCUT2D eigenvalue weighted by Gasteiger charge is -2.40. The van der Waals surface area contributed by atoms with Gasteiger partial charge in [0.15, 0.2) is 0 Å². The SMILES string of the molecule is CCc1ccccc1N1CC(C)NC(CN(C)C)C1. The minimum atomic E-state index is 0.545. The summed E-state index contributed by atoms with van der Waals surface area (Å²) in [5.74, 6) is 0. The van der Waals surface area contributed by atoms with Crippen molar-refractivity contribution in [2.75, 3.05) is 38.6 Å². The number of hydrogen-bond acceptors (Lipinski definition) is 3. The maximum atomic E-state index is 3.70. The molecule has 0 saturated carbocycles. The molecule has 0 aliphatic carbocycles. The molecule has 0 radical (unpaired) electrons. The quantitative estimate of drug-likeness (QED) is 0.894. The van der Waals surface area contributed by atoms with Crippen molar-refractivity contribution in [3.8, 4) is 0 Å². The molecule has 0 aromatic heterocycles. The van der Waals surface area contributed by atoms with Crippen LogP contribution in [0.2, 0.25) is 0 Å². The Morgan fingerprint density at radius 3 is 2.68 bits per heavy atom. The summed E-state index contributed by atoms with van der Waals surface area (Å²) in [6.45, 7) is 7.81. The number of nitrogens with zero attached hydrogens (tertiary/aromatic N) is 2. The number of benzene rings is 1. The molecule has 1 aromatic carbocycles. The molecular formula is C16H27N3. The van der Waals surface area contributed by atoms with Crippen LogP contribution in [0.25, 0.3) is 0 Å². The van der Waals surface area contributed by atoms with Crippen LogP contribution >= 0.6 is 0 Å². The molecule has 2 atom stereocenters. The number of likely N-dealkylation sites (N-methyl/N-ethyl adjacent to an activating group) is 1. The van der Waals surface area contributed by atoms with Gasteiger partial charge in [0.05, 0.1) is 0 Å². The Bertz CT molecular complexity index is 401. The van der Waals surface area contributed by atoms with E-state index in [2.05, 4.69) is 67.3 Å². The zero-order valence-corrected chi connectivity index (χ0v) is 12.7. The Morgan fingerprint density at radius 1 is 1.26 bits per heavy atom. The molecule has 2 rings (SSSR count). The van der Waals surface area contributed by atoms with Crippen LogP contribution in [0.5, 0.6) is 0 Å². The Morgan fingerprint density at radius 2 is 2.00 bits per heavy atom. The van der Waals surface area contributed by atoms with Crippen LogP contribution < -0.4 is 10.2 Å². The van der Waals surface area contributed by atoms with Gasteiger partial charge in [-0.2, -0.15) is 0 Å². The number of nitrogens with one attached hydrogen (secondary N) is 1. The molecule has 0 spiro atoms. The largest absolute Gasteiger partial charge is 0.368 e. The van der Waals surface area contributed by atoms with Gasteiger partial charge in [-0.15, -0.1) is 0 Å². The Hall–Kier alpha value is -1.06. The summed E-state index contributed by atoms with van der Waals surface area (Å²) in [6.07, 6.45) is 1.10. The first-order chi connectivity index (χ1) is 9.10. The topological polar surface area (TPSA) is 18.5 Å². The van der Waals surface area contributed by atoms with Crippen molar-refractivity contribution in [1.29, 1.82) is 0 Å². The van der Waals surface area contributed by atoms with Crippen LogP contribution in [0.1, 0.15) is 19.4 Å². The fourth-order valence-electron chi connectivity index (χ4n) is 3.05. The second-order valence-corrected chi connectivity index (χ2v) is 5.91.